The molecular weight excluding hydrogens is 302 g/mol. The highest BCUT2D eigenvalue weighted by atomic mass is 16.5. The van der Waals surface area contributed by atoms with Crippen molar-refractivity contribution in [2.75, 3.05) is 42.8 Å². The van der Waals surface area contributed by atoms with Gasteiger partial charge in [-0.2, -0.15) is 4.98 Å². The van der Waals surface area contributed by atoms with Crippen LogP contribution in [-0.2, 0) is 4.74 Å². The second-order valence-corrected chi connectivity index (χ2v) is 6.30. The molecule has 6 nitrogen and oxygen atoms in total. The Hall–Kier alpha value is -2.34. The van der Waals surface area contributed by atoms with Crippen LogP contribution < -0.4 is 15.5 Å². The zero-order valence-electron chi connectivity index (χ0n) is 14.5. The Morgan fingerprint density at radius 1 is 1.21 bits per heavy atom. The number of nitrogens with zero attached hydrogens (tertiary/aromatic N) is 3. The SMILES string of the molecule is Cc1cc(Nc2ccc(N(C)C)cc2)nc(NCC2CCCO2)n1. The Balaban J connectivity index is 1.66. The fourth-order valence-corrected chi connectivity index (χ4v) is 2.71. The van der Waals surface area contributed by atoms with Crippen molar-refractivity contribution in [3.05, 3.63) is 36.0 Å². The number of hydrogen-bond donors (Lipinski definition) is 2. The minimum absolute atomic E-state index is 0.268. The highest BCUT2D eigenvalue weighted by molar-refractivity contribution is 5.61. The molecule has 1 fully saturated rings. The second kappa shape index (κ2) is 7.49. The minimum atomic E-state index is 0.268. The Kier molecular flexibility index (Phi) is 5.15. The molecule has 1 aliphatic rings. The molecule has 2 aromatic rings. The van der Waals surface area contributed by atoms with E-state index in [1.165, 1.54) is 5.69 Å². The van der Waals surface area contributed by atoms with E-state index >= 15 is 0 Å². The molecule has 0 spiro atoms. The Morgan fingerprint density at radius 2 is 2.00 bits per heavy atom. The first-order valence-corrected chi connectivity index (χ1v) is 8.36. The lowest BCUT2D eigenvalue weighted by Crippen LogP contribution is -2.20. The average molecular weight is 327 g/mol. The summed E-state index contributed by atoms with van der Waals surface area (Å²) in [6, 6.07) is 10.2. The summed E-state index contributed by atoms with van der Waals surface area (Å²) in [5, 5.41) is 6.62. The standard InChI is InChI=1S/C18H25N5O/c1-13-11-17(21-14-6-8-15(9-7-14)23(2)3)22-18(20-13)19-12-16-5-4-10-24-16/h6-9,11,16H,4-5,10,12H2,1-3H3,(H2,19,20,21,22). The van der Waals surface area contributed by atoms with Crippen LogP contribution in [0.3, 0.4) is 0 Å². The van der Waals surface area contributed by atoms with Gasteiger partial charge in [-0.05, 0) is 44.0 Å². The molecule has 3 rings (SSSR count). The molecule has 0 amide bonds. The first-order chi connectivity index (χ1) is 11.6. The Morgan fingerprint density at radius 3 is 2.67 bits per heavy atom. The van der Waals surface area contributed by atoms with Gasteiger partial charge in [0.15, 0.2) is 0 Å². The predicted molar refractivity (Wildman–Crippen MR) is 98.3 cm³/mol. The van der Waals surface area contributed by atoms with E-state index in [-0.39, 0.29) is 6.10 Å². The van der Waals surface area contributed by atoms with Crippen molar-refractivity contribution in [1.29, 1.82) is 0 Å². The molecular formula is C18H25N5O. The van der Waals surface area contributed by atoms with Crippen LogP contribution in [0.15, 0.2) is 30.3 Å². The largest absolute Gasteiger partial charge is 0.378 e. The summed E-state index contributed by atoms with van der Waals surface area (Å²) in [5.41, 5.74) is 3.09. The third-order valence-corrected chi connectivity index (χ3v) is 4.02. The van der Waals surface area contributed by atoms with E-state index in [2.05, 4.69) is 37.6 Å². The van der Waals surface area contributed by atoms with Crippen molar-refractivity contribution in [2.45, 2.75) is 25.9 Å². The van der Waals surface area contributed by atoms with E-state index in [1.54, 1.807) is 0 Å². The van der Waals surface area contributed by atoms with E-state index in [1.807, 2.05) is 39.2 Å². The van der Waals surface area contributed by atoms with Gasteiger partial charge in [0.1, 0.15) is 5.82 Å². The first kappa shape index (κ1) is 16.5. The van der Waals surface area contributed by atoms with Gasteiger partial charge in [-0.3, -0.25) is 0 Å². The molecule has 2 N–H and O–H groups in total. The Labute approximate surface area is 143 Å². The van der Waals surface area contributed by atoms with Crippen molar-refractivity contribution in [3.8, 4) is 0 Å². The van der Waals surface area contributed by atoms with Crippen LogP contribution >= 0.6 is 0 Å². The summed E-state index contributed by atoms with van der Waals surface area (Å²) in [6.45, 7) is 3.58. The van der Waals surface area contributed by atoms with Crippen LogP contribution in [0, 0.1) is 6.92 Å². The van der Waals surface area contributed by atoms with Gasteiger partial charge in [-0.25, -0.2) is 4.98 Å². The highest BCUT2D eigenvalue weighted by Gasteiger charge is 2.15. The maximum atomic E-state index is 5.62. The summed E-state index contributed by atoms with van der Waals surface area (Å²) in [5.74, 6) is 1.42. The normalized spacial score (nSPS) is 16.9. The molecule has 1 aromatic heterocycles. The lowest BCUT2D eigenvalue weighted by Gasteiger charge is -2.14. The van der Waals surface area contributed by atoms with Gasteiger partial charge in [0, 0.05) is 50.4 Å². The van der Waals surface area contributed by atoms with E-state index in [0.717, 1.165) is 43.2 Å². The van der Waals surface area contributed by atoms with Crippen LogP contribution in [0.1, 0.15) is 18.5 Å². The zero-order valence-corrected chi connectivity index (χ0v) is 14.5. The molecule has 1 aliphatic heterocycles. The Bertz CT molecular complexity index is 666. The molecule has 128 valence electrons. The molecule has 6 heteroatoms. The number of nitrogens with one attached hydrogen (secondary N) is 2. The molecule has 1 atom stereocenters. The lowest BCUT2D eigenvalue weighted by molar-refractivity contribution is 0.120. The number of rotatable bonds is 6. The number of aromatic nitrogens is 2. The van der Waals surface area contributed by atoms with Gasteiger partial charge in [0.25, 0.3) is 0 Å². The van der Waals surface area contributed by atoms with Gasteiger partial charge >= 0.3 is 0 Å². The fourth-order valence-electron chi connectivity index (χ4n) is 2.71. The van der Waals surface area contributed by atoms with Crippen LogP contribution in [0.2, 0.25) is 0 Å². The molecule has 1 unspecified atom stereocenters. The van der Waals surface area contributed by atoms with Crippen molar-refractivity contribution in [1.82, 2.24) is 9.97 Å². The topological polar surface area (TPSA) is 62.3 Å². The first-order valence-electron chi connectivity index (χ1n) is 8.36. The second-order valence-electron chi connectivity index (χ2n) is 6.30. The van der Waals surface area contributed by atoms with Crippen molar-refractivity contribution < 1.29 is 4.74 Å². The van der Waals surface area contributed by atoms with E-state index in [0.29, 0.717) is 5.95 Å². The third-order valence-electron chi connectivity index (χ3n) is 4.02. The molecule has 0 bridgehead atoms. The monoisotopic (exact) mass is 327 g/mol. The maximum absolute atomic E-state index is 5.62. The van der Waals surface area contributed by atoms with Crippen LogP contribution in [-0.4, -0.2) is 43.3 Å². The lowest BCUT2D eigenvalue weighted by atomic mass is 10.2. The third kappa shape index (κ3) is 4.35. The molecule has 1 aromatic carbocycles. The van der Waals surface area contributed by atoms with E-state index < -0.39 is 0 Å². The van der Waals surface area contributed by atoms with Crippen LogP contribution in [0.25, 0.3) is 0 Å². The minimum Gasteiger partial charge on any atom is -0.378 e. The van der Waals surface area contributed by atoms with E-state index in [9.17, 15) is 0 Å². The summed E-state index contributed by atoms with van der Waals surface area (Å²) in [7, 11) is 4.06. The summed E-state index contributed by atoms with van der Waals surface area (Å²) in [4.78, 5) is 11.1. The molecule has 0 saturated carbocycles. The molecule has 0 aliphatic carbocycles. The number of benzene rings is 1. The number of ether oxygens (including phenoxy) is 1. The van der Waals surface area contributed by atoms with E-state index in [4.69, 9.17) is 4.74 Å². The summed E-state index contributed by atoms with van der Waals surface area (Å²) >= 11 is 0. The van der Waals surface area contributed by atoms with Gasteiger partial charge < -0.3 is 20.3 Å². The molecule has 1 saturated heterocycles. The molecule has 24 heavy (non-hydrogen) atoms. The van der Waals surface area contributed by atoms with Crippen LogP contribution in [0.4, 0.5) is 23.1 Å². The predicted octanol–water partition coefficient (Wildman–Crippen LogP) is 3.19. The van der Waals surface area contributed by atoms with Crippen molar-refractivity contribution in [2.24, 2.45) is 0 Å². The van der Waals surface area contributed by atoms with Gasteiger partial charge in [0.05, 0.1) is 6.10 Å². The maximum Gasteiger partial charge on any atom is 0.224 e. The summed E-state index contributed by atoms with van der Waals surface area (Å²) in [6.07, 6.45) is 2.50. The quantitative estimate of drug-likeness (QED) is 0.850. The average Bonchev–Trinajstić information content (AvgIpc) is 3.06. The highest BCUT2D eigenvalue weighted by Crippen LogP contribution is 2.20. The van der Waals surface area contributed by atoms with Crippen molar-refractivity contribution >= 4 is 23.1 Å². The molecule has 2 heterocycles. The molecule has 0 radical (unpaired) electrons. The van der Waals surface area contributed by atoms with Gasteiger partial charge in [-0.1, -0.05) is 0 Å². The fraction of sp³-hybridized carbons (Fsp3) is 0.444. The van der Waals surface area contributed by atoms with Crippen LogP contribution in [0.5, 0.6) is 0 Å². The zero-order chi connectivity index (χ0) is 16.9. The number of anilines is 4. The van der Waals surface area contributed by atoms with Crippen molar-refractivity contribution in [3.63, 3.8) is 0 Å². The smallest absolute Gasteiger partial charge is 0.224 e. The summed E-state index contributed by atoms with van der Waals surface area (Å²) < 4.78 is 5.62. The number of hydrogen-bond acceptors (Lipinski definition) is 6. The number of aryl methyl sites for hydroxylation is 1. The van der Waals surface area contributed by atoms with Gasteiger partial charge in [0.2, 0.25) is 5.95 Å². The van der Waals surface area contributed by atoms with Gasteiger partial charge in [-0.15, -0.1) is 0 Å².